The summed E-state index contributed by atoms with van der Waals surface area (Å²) in [6, 6.07) is 12.0. The van der Waals surface area contributed by atoms with Gasteiger partial charge in [-0.2, -0.15) is 9.21 Å². The summed E-state index contributed by atoms with van der Waals surface area (Å²) in [5, 5.41) is 30.9. The molecular formula is C35H48N6O7S2. The van der Waals surface area contributed by atoms with Crippen molar-refractivity contribution in [3.8, 4) is 0 Å². The number of nitroso groups, excluding NO2 is 1. The van der Waals surface area contributed by atoms with Crippen LogP contribution in [0.5, 0.6) is 0 Å². The minimum Gasteiger partial charge on any atom is -0.395 e. The lowest BCUT2D eigenvalue weighted by molar-refractivity contribution is -0.128. The van der Waals surface area contributed by atoms with Crippen LogP contribution in [0.25, 0.3) is 0 Å². The number of carbonyl (C=O) groups is 2. The summed E-state index contributed by atoms with van der Waals surface area (Å²) in [5.74, 6) is -1.06. The highest BCUT2D eigenvalue weighted by Gasteiger charge is 2.41. The van der Waals surface area contributed by atoms with E-state index in [2.05, 4.69) is 15.5 Å². The fraction of sp³-hybridized carbons (Fsp3) is 0.514. The van der Waals surface area contributed by atoms with Crippen molar-refractivity contribution in [2.24, 2.45) is 17.0 Å². The molecule has 1 saturated heterocycles. The molecule has 2 heterocycles. The molecular weight excluding hydrogens is 681 g/mol. The molecule has 2 aromatic carbocycles. The lowest BCUT2D eigenvalue weighted by Crippen LogP contribution is -2.58. The second-order valence-electron chi connectivity index (χ2n) is 13.3. The number of thiazole rings is 1. The molecule has 0 aliphatic carbocycles. The van der Waals surface area contributed by atoms with Crippen molar-refractivity contribution < 1.29 is 28.2 Å². The maximum Gasteiger partial charge on any atom is 0.321 e. The van der Waals surface area contributed by atoms with Crippen LogP contribution in [0.2, 0.25) is 0 Å². The van der Waals surface area contributed by atoms with Crippen molar-refractivity contribution in [1.29, 1.82) is 0 Å². The summed E-state index contributed by atoms with van der Waals surface area (Å²) in [6.45, 7) is 9.21. The van der Waals surface area contributed by atoms with Crippen molar-refractivity contribution in [3.05, 3.63) is 86.7 Å². The Morgan fingerprint density at radius 1 is 1.04 bits per heavy atom. The Kier molecular flexibility index (Phi) is 13.6. The van der Waals surface area contributed by atoms with Gasteiger partial charge in [-0.05, 0) is 48.4 Å². The van der Waals surface area contributed by atoms with Crippen LogP contribution >= 0.6 is 11.3 Å². The van der Waals surface area contributed by atoms with Crippen LogP contribution in [0.1, 0.15) is 49.5 Å². The van der Waals surface area contributed by atoms with Crippen LogP contribution in [-0.4, -0.2) is 100 Å². The number of hydrogen-bond acceptors (Lipinski definition) is 10. The molecule has 4 rings (SSSR count). The molecule has 0 bridgehead atoms. The molecule has 0 saturated carbocycles. The largest absolute Gasteiger partial charge is 0.395 e. The van der Waals surface area contributed by atoms with Crippen LogP contribution in [-0.2, 0) is 34.3 Å². The zero-order valence-electron chi connectivity index (χ0n) is 29.2. The van der Waals surface area contributed by atoms with E-state index in [9.17, 15) is 33.1 Å². The van der Waals surface area contributed by atoms with Crippen molar-refractivity contribution in [3.63, 3.8) is 0 Å². The van der Waals surface area contributed by atoms with Gasteiger partial charge in [-0.3, -0.25) is 4.79 Å². The van der Waals surface area contributed by atoms with Gasteiger partial charge in [0.2, 0.25) is 15.9 Å². The standard InChI is InChI=1S/C35H48N6O7S2/c1-23(2)31(21-42)41(50(47,48)29-13-11-27(12-14-29)18-36-46)20-32(43)30(17-26-9-7-6-8-10-26)38-34(44)33(24(3)4)40-16-15-39(35(40)45)19-28-22-49-25(5)37-28/h6-14,22-24,30-33,42-43H,15-21H2,1-5H3,(H,38,44)/t30-,31+,32+,33-/m0/s1. The Labute approximate surface area is 298 Å². The van der Waals surface area contributed by atoms with Gasteiger partial charge in [-0.25, -0.2) is 18.2 Å². The van der Waals surface area contributed by atoms with E-state index in [0.29, 0.717) is 25.2 Å². The van der Waals surface area contributed by atoms with E-state index in [1.165, 1.54) is 35.6 Å². The number of sulfonamides is 1. The average Bonchev–Trinajstić information content (AvgIpc) is 3.65. The first-order valence-electron chi connectivity index (χ1n) is 16.8. The Hall–Kier alpha value is -3.76. The molecule has 1 aliphatic rings. The summed E-state index contributed by atoms with van der Waals surface area (Å²) < 4.78 is 29.3. The quantitative estimate of drug-likeness (QED) is 0.166. The van der Waals surface area contributed by atoms with Crippen molar-refractivity contribution in [2.75, 3.05) is 26.2 Å². The van der Waals surface area contributed by atoms with Crippen molar-refractivity contribution >= 4 is 33.3 Å². The zero-order chi connectivity index (χ0) is 36.6. The highest BCUT2D eigenvalue weighted by Crippen LogP contribution is 2.25. The third-order valence-corrected chi connectivity index (χ3v) is 11.7. The third-order valence-electron chi connectivity index (χ3n) is 8.94. The van der Waals surface area contributed by atoms with Crippen molar-refractivity contribution in [1.82, 2.24) is 24.4 Å². The molecule has 4 atom stereocenters. The molecule has 15 heteroatoms. The number of aromatic nitrogens is 1. The molecule has 1 aliphatic heterocycles. The molecule has 1 aromatic heterocycles. The zero-order valence-corrected chi connectivity index (χ0v) is 30.8. The number of nitrogens with one attached hydrogen (secondary N) is 1. The predicted molar refractivity (Wildman–Crippen MR) is 192 cm³/mol. The summed E-state index contributed by atoms with van der Waals surface area (Å²) >= 11 is 1.51. The summed E-state index contributed by atoms with van der Waals surface area (Å²) in [4.78, 5) is 46.0. The summed E-state index contributed by atoms with van der Waals surface area (Å²) in [5.41, 5.74) is 2.13. The minimum absolute atomic E-state index is 0.0770. The van der Waals surface area contributed by atoms with Crippen LogP contribution in [0, 0.1) is 23.7 Å². The number of benzene rings is 2. The normalized spacial score (nSPS) is 16.2. The number of nitrogens with zero attached hydrogens (tertiary/aromatic N) is 5. The number of hydrogen-bond donors (Lipinski definition) is 3. The number of amides is 3. The van der Waals surface area contributed by atoms with E-state index in [4.69, 9.17) is 0 Å². The second-order valence-corrected chi connectivity index (χ2v) is 16.3. The smallest absolute Gasteiger partial charge is 0.321 e. The number of carbonyl (C=O) groups excluding carboxylic acids is 2. The number of urea groups is 1. The molecule has 0 unspecified atom stereocenters. The molecule has 3 N–H and O–H groups in total. The van der Waals surface area contributed by atoms with Gasteiger partial charge < -0.3 is 25.3 Å². The van der Waals surface area contributed by atoms with Crippen LogP contribution < -0.4 is 5.32 Å². The maximum atomic E-state index is 14.1. The highest BCUT2D eigenvalue weighted by molar-refractivity contribution is 7.89. The number of rotatable bonds is 18. The van der Waals surface area contributed by atoms with Crippen LogP contribution in [0.4, 0.5) is 4.79 Å². The van der Waals surface area contributed by atoms with E-state index < -0.39 is 53.3 Å². The van der Waals surface area contributed by atoms with E-state index in [1.54, 1.807) is 23.6 Å². The van der Waals surface area contributed by atoms with Gasteiger partial charge in [0.15, 0.2) is 0 Å². The molecule has 272 valence electrons. The predicted octanol–water partition coefficient (Wildman–Crippen LogP) is 3.78. The van der Waals surface area contributed by atoms with Gasteiger partial charge in [-0.15, -0.1) is 11.3 Å². The first kappa shape index (κ1) is 39.0. The maximum absolute atomic E-state index is 14.1. The minimum atomic E-state index is -4.27. The average molecular weight is 729 g/mol. The van der Waals surface area contributed by atoms with E-state index in [-0.39, 0.29) is 35.7 Å². The Balaban J connectivity index is 1.61. The Bertz CT molecular complexity index is 1680. The molecule has 1 fully saturated rings. The number of aryl methyl sites for hydroxylation is 1. The monoisotopic (exact) mass is 728 g/mol. The van der Waals surface area contributed by atoms with Gasteiger partial charge in [-0.1, -0.05) is 75.3 Å². The van der Waals surface area contributed by atoms with Gasteiger partial charge in [0.05, 0.1) is 46.9 Å². The lowest BCUT2D eigenvalue weighted by atomic mass is 9.97. The van der Waals surface area contributed by atoms with Crippen molar-refractivity contribution in [2.45, 2.75) is 83.3 Å². The van der Waals surface area contributed by atoms with E-state index >= 15 is 0 Å². The van der Waals surface area contributed by atoms with E-state index in [1.807, 2.05) is 56.5 Å². The highest BCUT2D eigenvalue weighted by atomic mass is 32.2. The fourth-order valence-corrected chi connectivity index (χ4v) is 8.61. The lowest BCUT2D eigenvalue weighted by Gasteiger charge is -2.37. The Morgan fingerprint density at radius 2 is 1.72 bits per heavy atom. The second kappa shape index (κ2) is 17.4. The number of aliphatic hydroxyl groups is 2. The van der Waals surface area contributed by atoms with Gasteiger partial charge in [0, 0.05) is 25.0 Å². The SMILES string of the molecule is Cc1nc(CN2CCN([C@H](C(=O)N[C@@H](Cc3ccccc3)[C@H](O)CN([C@H](CO)C(C)C)S(=O)(=O)c3ccc(CN=O)cc3)C(C)C)C2=O)cs1. The van der Waals surface area contributed by atoms with Gasteiger partial charge in [0.25, 0.3) is 0 Å². The first-order valence-corrected chi connectivity index (χ1v) is 19.1. The van der Waals surface area contributed by atoms with Crippen LogP contribution in [0.3, 0.4) is 0 Å². The van der Waals surface area contributed by atoms with Crippen LogP contribution in [0.15, 0.2) is 70.0 Å². The van der Waals surface area contributed by atoms with Gasteiger partial charge in [0.1, 0.15) is 12.6 Å². The van der Waals surface area contributed by atoms with E-state index in [0.717, 1.165) is 20.6 Å². The van der Waals surface area contributed by atoms with Gasteiger partial charge >= 0.3 is 6.03 Å². The summed E-state index contributed by atoms with van der Waals surface area (Å²) in [6.07, 6.45) is -1.24. The third kappa shape index (κ3) is 9.51. The Morgan fingerprint density at radius 3 is 2.28 bits per heavy atom. The topological polar surface area (TPSA) is 173 Å². The molecule has 50 heavy (non-hydrogen) atoms. The molecule has 0 spiro atoms. The molecule has 0 radical (unpaired) electrons. The molecule has 3 amide bonds. The molecule has 3 aromatic rings. The first-order chi connectivity index (χ1) is 23.8. The fourth-order valence-electron chi connectivity index (χ4n) is 6.24. The summed E-state index contributed by atoms with van der Waals surface area (Å²) in [7, 11) is -4.27. The number of aliphatic hydroxyl groups excluding tert-OH is 2. The molecule has 13 nitrogen and oxygen atoms in total.